The summed E-state index contributed by atoms with van der Waals surface area (Å²) in [4.78, 5) is 7.99. The van der Waals surface area contributed by atoms with Crippen molar-refractivity contribution in [2.75, 3.05) is 32.3 Å². The molecule has 1 aromatic heterocycles. The average molecular weight is 368 g/mol. The van der Waals surface area contributed by atoms with Gasteiger partial charge in [-0.1, -0.05) is 24.3 Å². The number of ether oxygens (including phenoxy) is 3. The molecular formula is C20H24N4O3. The monoisotopic (exact) mass is 368 g/mol. The maximum atomic E-state index is 5.93. The molecule has 0 aliphatic heterocycles. The van der Waals surface area contributed by atoms with Gasteiger partial charge >= 0.3 is 0 Å². The normalized spacial score (nSPS) is 16.1. The van der Waals surface area contributed by atoms with Crippen LogP contribution in [0.1, 0.15) is 17.5 Å². The highest BCUT2D eigenvalue weighted by molar-refractivity contribution is 5.48. The summed E-state index contributed by atoms with van der Waals surface area (Å²) in [6, 6.07) is 5.80. The third-order valence-corrected chi connectivity index (χ3v) is 4.37. The lowest BCUT2D eigenvalue weighted by molar-refractivity contribution is 0.142. The Hall–Kier alpha value is -3.06. The van der Waals surface area contributed by atoms with Crippen LogP contribution in [0.15, 0.2) is 48.2 Å². The molecule has 27 heavy (non-hydrogen) atoms. The van der Waals surface area contributed by atoms with Crippen LogP contribution in [-0.2, 0) is 11.2 Å². The van der Waals surface area contributed by atoms with E-state index in [1.54, 1.807) is 20.4 Å². The van der Waals surface area contributed by atoms with Gasteiger partial charge in [0.15, 0.2) is 11.5 Å². The van der Waals surface area contributed by atoms with Gasteiger partial charge in [-0.2, -0.15) is 4.98 Å². The summed E-state index contributed by atoms with van der Waals surface area (Å²) in [7, 11) is 3.33. The van der Waals surface area contributed by atoms with Crippen molar-refractivity contribution in [1.29, 1.82) is 0 Å². The van der Waals surface area contributed by atoms with Gasteiger partial charge in [-0.3, -0.25) is 0 Å². The predicted molar refractivity (Wildman–Crippen MR) is 105 cm³/mol. The van der Waals surface area contributed by atoms with Gasteiger partial charge in [-0.05, 0) is 29.7 Å². The Morgan fingerprint density at radius 3 is 2.70 bits per heavy atom. The van der Waals surface area contributed by atoms with Crippen LogP contribution in [0, 0.1) is 0 Å². The van der Waals surface area contributed by atoms with E-state index in [2.05, 4.69) is 16.0 Å². The molecule has 0 saturated carbocycles. The highest BCUT2D eigenvalue weighted by Gasteiger charge is 2.11. The Morgan fingerprint density at radius 2 is 2.04 bits per heavy atom. The minimum atomic E-state index is 0.146. The Balaban J connectivity index is 1.67. The van der Waals surface area contributed by atoms with Crippen molar-refractivity contribution in [3.8, 4) is 11.5 Å². The van der Waals surface area contributed by atoms with E-state index in [0.717, 1.165) is 23.1 Å². The molecule has 142 valence electrons. The second kappa shape index (κ2) is 8.55. The fourth-order valence-corrected chi connectivity index (χ4v) is 2.82. The number of rotatable bonds is 7. The van der Waals surface area contributed by atoms with Gasteiger partial charge < -0.3 is 25.7 Å². The zero-order valence-electron chi connectivity index (χ0n) is 15.5. The van der Waals surface area contributed by atoms with Crippen molar-refractivity contribution >= 4 is 11.8 Å². The number of methoxy groups -OCH3 is 2. The van der Waals surface area contributed by atoms with Gasteiger partial charge in [0.25, 0.3) is 0 Å². The third-order valence-electron chi connectivity index (χ3n) is 4.37. The number of nitrogens with zero attached hydrogens (tertiary/aromatic N) is 2. The van der Waals surface area contributed by atoms with Crippen molar-refractivity contribution in [1.82, 2.24) is 9.97 Å². The summed E-state index contributed by atoms with van der Waals surface area (Å²) in [5.74, 6) is 1.90. The molecule has 1 atom stereocenters. The quantitative estimate of drug-likeness (QED) is 0.773. The summed E-state index contributed by atoms with van der Waals surface area (Å²) in [5, 5.41) is 0. The van der Waals surface area contributed by atoms with Gasteiger partial charge in [0.05, 0.1) is 13.2 Å². The van der Waals surface area contributed by atoms with Gasteiger partial charge in [-0.25, -0.2) is 4.98 Å². The fraction of sp³-hybridized carbons (Fsp3) is 0.300. The molecule has 7 nitrogen and oxygen atoms in total. The fourth-order valence-electron chi connectivity index (χ4n) is 2.82. The zero-order chi connectivity index (χ0) is 19.2. The first kappa shape index (κ1) is 18.7. The number of aromatic nitrogens is 2. The maximum Gasteiger partial charge on any atom is 0.221 e. The van der Waals surface area contributed by atoms with E-state index in [4.69, 9.17) is 25.7 Å². The minimum Gasteiger partial charge on any atom is -0.493 e. The number of benzene rings is 1. The standard InChI is InChI=1S/C20H24N4O3/c1-25-16-6-3-13(4-7-16)12-27-17-8-5-14(10-18(17)26-2)9-15-11-23-20(22)24-19(15)21/h3-6,8,10-11,16H,7,9,12H2,1-2H3,(H4,21,22,23,24). The molecule has 1 aromatic carbocycles. The molecule has 0 saturated heterocycles. The average Bonchev–Trinajstić information content (AvgIpc) is 2.69. The van der Waals surface area contributed by atoms with E-state index in [-0.39, 0.29) is 12.1 Å². The molecule has 1 heterocycles. The van der Waals surface area contributed by atoms with E-state index in [1.165, 1.54) is 0 Å². The first-order valence-electron chi connectivity index (χ1n) is 8.65. The Morgan fingerprint density at radius 1 is 1.19 bits per heavy atom. The molecule has 0 amide bonds. The lowest BCUT2D eigenvalue weighted by Gasteiger charge is -2.16. The van der Waals surface area contributed by atoms with Crippen LogP contribution in [-0.4, -0.2) is 36.9 Å². The van der Waals surface area contributed by atoms with Crippen molar-refractivity contribution in [2.45, 2.75) is 18.9 Å². The first-order chi connectivity index (χ1) is 13.1. The van der Waals surface area contributed by atoms with Gasteiger partial charge in [0.2, 0.25) is 5.95 Å². The molecule has 0 spiro atoms. The largest absolute Gasteiger partial charge is 0.493 e. The van der Waals surface area contributed by atoms with Gasteiger partial charge in [0.1, 0.15) is 12.4 Å². The number of hydrogen-bond acceptors (Lipinski definition) is 7. The van der Waals surface area contributed by atoms with Crippen molar-refractivity contribution < 1.29 is 14.2 Å². The zero-order valence-corrected chi connectivity index (χ0v) is 15.5. The lowest BCUT2D eigenvalue weighted by atomic mass is 10.1. The molecule has 1 aliphatic carbocycles. The molecular weight excluding hydrogens is 344 g/mol. The third kappa shape index (κ3) is 4.77. The summed E-state index contributed by atoms with van der Waals surface area (Å²) in [5.41, 5.74) is 14.4. The summed E-state index contributed by atoms with van der Waals surface area (Å²) in [6.07, 6.45) is 9.41. The van der Waals surface area contributed by atoms with Gasteiger partial charge in [-0.15, -0.1) is 0 Å². The maximum absolute atomic E-state index is 5.93. The first-order valence-corrected chi connectivity index (χ1v) is 8.65. The minimum absolute atomic E-state index is 0.146. The molecule has 7 heteroatoms. The Labute approximate surface area is 158 Å². The molecule has 0 radical (unpaired) electrons. The second-order valence-electron chi connectivity index (χ2n) is 6.24. The van der Waals surface area contributed by atoms with E-state index < -0.39 is 0 Å². The topological polar surface area (TPSA) is 106 Å². The molecule has 0 bridgehead atoms. The summed E-state index contributed by atoms with van der Waals surface area (Å²) in [6.45, 7) is 0.474. The van der Waals surface area contributed by atoms with Crippen LogP contribution < -0.4 is 20.9 Å². The second-order valence-corrected chi connectivity index (χ2v) is 6.24. The Bertz CT molecular complexity index is 864. The van der Waals surface area contributed by atoms with Crippen molar-refractivity contribution in [3.05, 3.63) is 59.3 Å². The van der Waals surface area contributed by atoms with E-state index in [9.17, 15) is 0 Å². The lowest BCUT2D eigenvalue weighted by Crippen LogP contribution is -2.11. The van der Waals surface area contributed by atoms with Gasteiger partial charge in [0, 0.05) is 25.3 Å². The van der Waals surface area contributed by atoms with Crippen LogP contribution in [0.2, 0.25) is 0 Å². The van der Waals surface area contributed by atoms with Crippen LogP contribution in [0.5, 0.6) is 11.5 Å². The smallest absolute Gasteiger partial charge is 0.221 e. The molecule has 3 rings (SSSR count). The number of nitrogen functional groups attached to an aromatic ring is 2. The molecule has 1 aliphatic rings. The highest BCUT2D eigenvalue weighted by Crippen LogP contribution is 2.30. The van der Waals surface area contributed by atoms with E-state index in [0.29, 0.717) is 30.3 Å². The Kier molecular flexibility index (Phi) is 5.93. The molecule has 2 aromatic rings. The number of hydrogen-bond donors (Lipinski definition) is 2. The number of anilines is 2. The van der Waals surface area contributed by atoms with E-state index in [1.807, 2.05) is 30.4 Å². The SMILES string of the molecule is COc1cc(Cc2cnc(N)nc2N)ccc1OCC1=CCC(OC)C=C1. The van der Waals surface area contributed by atoms with Crippen molar-refractivity contribution in [2.24, 2.45) is 0 Å². The van der Waals surface area contributed by atoms with Crippen LogP contribution in [0.3, 0.4) is 0 Å². The predicted octanol–water partition coefficient (Wildman–Crippen LogP) is 2.52. The highest BCUT2D eigenvalue weighted by atomic mass is 16.5. The van der Waals surface area contributed by atoms with Crippen LogP contribution in [0.25, 0.3) is 0 Å². The molecule has 0 fully saturated rings. The summed E-state index contributed by atoms with van der Waals surface area (Å²) >= 11 is 0. The molecule has 4 N–H and O–H groups in total. The van der Waals surface area contributed by atoms with Crippen LogP contribution >= 0.6 is 0 Å². The van der Waals surface area contributed by atoms with E-state index >= 15 is 0 Å². The molecule has 1 unspecified atom stereocenters. The van der Waals surface area contributed by atoms with Crippen molar-refractivity contribution in [3.63, 3.8) is 0 Å². The van der Waals surface area contributed by atoms with Crippen LogP contribution in [0.4, 0.5) is 11.8 Å². The number of nitrogens with two attached hydrogens (primary N) is 2. The summed E-state index contributed by atoms with van der Waals surface area (Å²) < 4.78 is 16.7.